The zero-order valence-electron chi connectivity index (χ0n) is 10.3. The standard InChI is InChI=1S/C14H11Cl2FN2O/c15-11-6-9(18)5-10(13(11)16)14(20)19-7-8-3-1-2-4-12(8)17/h1-6H,7,18H2,(H,19,20). The van der Waals surface area contributed by atoms with E-state index in [4.69, 9.17) is 28.9 Å². The van der Waals surface area contributed by atoms with Crippen molar-refractivity contribution < 1.29 is 9.18 Å². The van der Waals surface area contributed by atoms with Crippen LogP contribution in [0.4, 0.5) is 10.1 Å². The summed E-state index contributed by atoms with van der Waals surface area (Å²) in [7, 11) is 0. The number of nitrogen functional groups attached to an aromatic ring is 1. The van der Waals surface area contributed by atoms with Gasteiger partial charge in [0.15, 0.2) is 0 Å². The minimum absolute atomic E-state index is 0.0499. The van der Waals surface area contributed by atoms with Crippen LogP contribution in [0.3, 0.4) is 0 Å². The molecule has 20 heavy (non-hydrogen) atoms. The van der Waals surface area contributed by atoms with Crippen molar-refractivity contribution in [2.45, 2.75) is 6.54 Å². The molecular formula is C14H11Cl2FN2O. The first kappa shape index (κ1) is 14.6. The molecule has 0 bridgehead atoms. The van der Waals surface area contributed by atoms with Crippen molar-refractivity contribution in [1.82, 2.24) is 5.32 Å². The molecule has 2 aromatic rings. The Hall–Kier alpha value is -1.78. The van der Waals surface area contributed by atoms with Crippen LogP contribution in [0.25, 0.3) is 0 Å². The van der Waals surface area contributed by atoms with E-state index in [0.717, 1.165) is 0 Å². The maximum atomic E-state index is 13.4. The molecule has 2 aromatic carbocycles. The van der Waals surface area contributed by atoms with E-state index in [1.165, 1.54) is 18.2 Å². The Kier molecular flexibility index (Phi) is 4.47. The molecule has 0 saturated carbocycles. The van der Waals surface area contributed by atoms with Crippen LogP contribution in [0.1, 0.15) is 15.9 Å². The summed E-state index contributed by atoms with van der Waals surface area (Å²) in [6.07, 6.45) is 0. The molecule has 6 heteroatoms. The predicted octanol–water partition coefficient (Wildman–Crippen LogP) is 3.64. The Bertz CT molecular complexity index is 662. The van der Waals surface area contributed by atoms with Crippen LogP contribution in [0.2, 0.25) is 10.0 Å². The van der Waals surface area contributed by atoms with Crippen molar-refractivity contribution in [2.24, 2.45) is 0 Å². The summed E-state index contributed by atoms with van der Waals surface area (Å²) < 4.78 is 13.4. The van der Waals surface area contributed by atoms with Crippen molar-refractivity contribution in [3.8, 4) is 0 Å². The fourth-order valence-electron chi connectivity index (χ4n) is 1.69. The van der Waals surface area contributed by atoms with Crippen molar-refractivity contribution in [3.05, 3.63) is 63.4 Å². The average molecular weight is 313 g/mol. The second kappa shape index (κ2) is 6.11. The Morgan fingerprint density at radius 2 is 1.95 bits per heavy atom. The SMILES string of the molecule is Nc1cc(Cl)c(Cl)c(C(=O)NCc2ccccc2F)c1. The van der Waals surface area contributed by atoms with Crippen molar-refractivity contribution in [3.63, 3.8) is 0 Å². The fourth-order valence-corrected chi connectivity index (χ4v) is 2.11. The van der Waals surface area contributed by atoms with Gasteiger partial charge in [0.1, 0.15) is 5.82 Å². The quantitative estimate of drug-likeness (QED) is 0.850. The van der Waals surface area contributed by atoms with Gasteiger partial charge in [0.2, 0.25) is 0 Å². The van der Waals surface area contributed by atoms with E-state index in [0.29, 0.717) is 11.3 Å². The van der Waals surface area contributed by atoms with Crippen LogP contribution < -0.4 is 11.1 Å². The van der Waals surface area contributed by atoms with Crippen molar-refractivity contribution >= 4 is 34.8 Å². The number of carbonyl (C=O) groups excluding carboxylic acids is 1. The highest BCUT2D eigenvalue weighted by atomic mass is 35.5. The van der Waals surface area contributed by atoms with Gasteiger partial charge >= 0.3 is 0 Å². The first-order chi connectivity index (χ1) is 9.49. The second-order valence-electron chi connectivity index (χ2n) is 4.14. The lowest BCUT2D eigenvalue weighted by atomic mass is 10.1. The Morgan fingerprint density at radius 3 is 2.65 bits per heavy atom. The summed E-state index contributed by atoms with van der Waals surface area (Å²) >= 11 is 11.8. The summed E-state index contributed by atoms with van der Waals surface area (Å²) in [5.41, 5.74) is 6.49. The number of nitrogens with one attached hydrogen (secondary N) is 1. The third kappa shape index (κ3) is 3.21. The molecule has 0 aliphatic rings. The normalized spacial score (nSPS) is 10.3. The first-order valence-corrected chi connectivity index (χ1v) is 6.50. The highest BCUT2D eigenvalue weighted by Gasteiger charge is 2.14. The van der Waals surface area contributed by atoms with Crippen molar-refractivity contribution in [1.29, 1.82) is 0 Å². The third-order valence-electron chi connectivity index (χ3n) is 2.69. The maximum Gasteiger partial charge on any atom is 0.253 e. The van der Waals surface area contributed by atoms with Gasteiger partial charge in [-0.1, -0.05) is 41.4 Å². The number of hydrogen-bond acceptors (Lipinski definition) is 2. The average Bonchev–Trinajstić information content (AvgIpc) is 2.41. The molecule has 0 fully saturated rings. The number of benzene rings is 2. The molecule has 0 aliphatic carbocycles. The lowest BCUT2D eigenvalue weighted by Gasteiger charge is -2.09. The van der Waals surface area contributed by atoms with Crippen LogP contribution >= 0.6 is 23.2 Å². The number of amides is 1. The summed E-state index contributed by atoms with van der Waals surface area (Å²) in [6, 6.07) is 9.06. The van der Waals surface area contributed by atoms with Gasteiger partial charge < -0.3 is 11.1 Å². The molecular weight excluding hydrogens is 302 g/mol. The highest BCUT2D eigenvalue weighted by molar-refractivity contribution is 6.44. The molecule has 0 aliphatic heterocycles. The summed E-state index contributed by atoms with van der Waals surface area (Å²) in [4.78, 5) is 12.0. The molecule has 0 unspecified atom stereocenters. The predicted molar refractivity (Wildman–Crippen MR) is 78.4 cm³/mol. The van der Waals surface area contributed by atoms with Crippen LogP contribution in [0.5, 0.6) is 0 Å². The number of halogens is 3. The number of hydrogen-bond donors (Lipinski definition) is 2. The Labute approximate surface area is 125 Å². The molecule has 0 radical (unpaired) electrons. The number of nitrogens with two attached hydrogens (primary N) is 1. The van der Waals surface area contributed by atoms with Gasteiger partial charge in [-0.2, -0.15) is 0 Å². The molecule has 0 aromatic heterocycles. The smallest absolute Gasteiger partial charge is 0.253 e. The van der Waals surface area contributed by atoms with Gasteiger partial charge in [0.05, 0.1) is 15.6 Å². The third-order valence-corrected chi connectivity index (χ3v) is 3.49. The maximum absolute atomic E-state index is 13.4. The number of anilines is 1. The van der Waals surface area contributed by atoms with E-state index in [1.54, 1.807) is 18.2 Å². The molecule has 3 N–H and O–H groups in total. The molecule has 3 nitrogen and oxygen atoms in total. The molecule has 104 valence electrons. The van der Waals surface area contributed by atoms with Crippen LogP contribution in [0, 0.1) is 5.82 Å². The number of rotatable bonds is 3. The van der Waals surface area contributed by atoms with E-state index in [1.807, 2.05) is 0 Å². The minimum atomic E-state index is -0.465. The van der Waals surface area contributed by atoms with Gasteiger partial charge in [0, 0.05) is 17.8 Å². The fraction of sp³-hybridized carbons (Fsp3) is 0.0714. The molecule has 0 heterocycles. The lowest BCUT2D eigenvalue weighted by molar-refractivity contribution is 0.0951. The highest BCUT2D eigenvalue weighted by Crippen LogP contribution is 2.28. The largest absolute Gasteiger partial charge is 0.399 e. The molecule has 0 saturated heterocycles. The van der Waals surface area contributed by atoms with E-state index in [2.05, 4.69) is 5.32 Å². The van der Waals surface area contributed by atoms with Gasteiger partial charge in [-0.15, -0.1) is 0 Å². The second-order valence-corrected chi connectivity index (χ2v) is 4.92. The van der Waals surface area contributed by atoms with Crippen molar-refractivity contribution in [2.75, 3.05) is 5.73 Å². The monoisotopic (exact) mass is 312 g/mol. The van der Waals surface area contributed by atoms with Gasteiger partial charge in [-0.3, -0.25) is 4.79 Å². The Morgan fingerprint density at radius 1 is 1.25 bits per heavy atom. The Balaban J connectivity index is 2.15. The number of carbonyl (C=O) groups is 1. The van der Waals surface area contributed by atoms with Crippen LogP contribution in [0.15, 0.2) is 36.4 Å². The zero-order valence-corrected chi connectivity index (χ0v) is 11.8. The zero-order chi connectivity index (χ0) is 14.7. The molecule has 0 spiro atoms. The van der Waals surface area contributed by atoms with Gasteiger partial charge in [0.25, 0.3) is 5.91 Å². The lowest BCUT2D eigenvalue weighted by Crippen LogP contribution is -2.23. The summed E-state index contributed by atoms with van der Waals surface area (Å²) in [6.45, 7) is 0.0499. The van der Waals surface area contributed by atoms with Crippen LogP contribution in [-0.2, 0) is 6.54 Å². The molecule has 0 atom stereocenters. The first-order valence-electron chi connectivity index (χ1n) is 5.75. The van der Waals surface area contributed by atoms with E-state index >= 15 is 0 Å². The van der Waals surface area contributed by atoms with E-state index in [9.17, 15) is 9.18 Å². The topological polar surface area (TPSA) is 55.1 Å². The molecule has 1 amide bonds. The summed E-state index contributed by atoms with van der Waals surface area (Å²) in [5.74, 6) is -0.850. The van der Waals surface area contributed by atoms with Crippen LogP contribution in [-0.4, -0.2) is 5.91 Å². The van der Waals surface area contributed by atoms with Gasteiger partial charge in [-0.05, 0) is 18.2 Å². The molecule has 2 rings (SSSR count). The van der Waals surface area contributed by atoms with Gasteiger partial charge in [-0.25, -0.2) is 4.39 Å². The minimum Gasteiger partial charge on any atom is -0.399 e. The van der Waals surface area contributed by atoms with E-state index in [-0.39, 0.29) is 28.0 Å². The summed E-state index contributed by atoms with van der Waals surface area (Å²) in [5, 5.41) is 2.89. The van der Waals surface area contributed by atoms with E-state index < -0.39 is 5.91 Å².